The van der Waals surface area contributed by atoms with Crippen molar-refractivity contribution in [3.8, 4) is 0 Å². The molecular weight excluding hydrogens is 401 g/mol. The molecule has 0 radical (unpaired) electrons. The van der Waals surface area contributed by atoms with Gasteiger partial charge in [0.2, 0.25) is 0 Å². The van der Waals surface area contributed by atoms with Crippen LogP contribution in [0, 0.1) is 6.92 Å². The first-order valence-corrected chi connectivity index (χ1v) is 10.3. The van der Waals surface area contributed by atoms with Crippen LogP contribution in [0.5, 0.6) is 0 Å². The molecule has 0 unspecified atom stereocenters. The highest BCUT2D eigenvalue weighted by Gasteiger charge is 2.08. The topological polar surface area (TPSA) is 45.1 Å². The lowest BCUT2D eigenvalue weighted by Gasteiger charge is -2.18. The van der Waals surface area contributed by atoms with Gasteiger partial charge < -0.3 is 15.5 Å². The number of hydrogen-bond donors (Lipinski definition) is 2. The second-order valence-electron chi connectivity index (χ2n) is 6.34. The van der Waals surface area contributed by atoms with E-state index in [1.807, 2.05) is 29.8 Å². The SMILES string of the molecule is CCN(CC)CCCNC(=S)Nc1cc(C)n(Cc2ccc(Cl)c(Cl)c2)n1. The van der Waals surface area contributed by atoms with Crippen molar-refractivity contribution in [3.05, 3.63) is 45.6 Å². The van der Waals surface area contributed by atoms with Crippen LogP contribution in [0.25, 0.3) is 0 Å². The Hall–Kier alpha value is -1.34. The molecule has 0 aliphatic rings. The van der Waals surface area contributed by atoms with Gasteiger partial charge in [-0.3, -0.25) is 4.68 Å². The fourth-order valence-electron chi connectivity index (χ4n) is 2.75. The average molecular weight is 428 g/mol. The zero-order chi connectivity index (χ0) is 19.8. The Morgan fingerprint density at radius 2 is 1.93 bits per heavy atom. The zero-order valence-corrected chi connectivity index (χ0v) is 18.4. The molecule has 0 amide bonds. The van der Waals surface area contributed by atoms with Gasteiger partial charge in [0.05, 0.1) is 16.6 Å². The maximum atomic E-state index is 6.09. The smallest absolute Gasteiger partial charge is 0.171 e. The molecule has 0 bridgehead atoms. The van der Waals surface area contributed by atoms with Crippen molar-refractivity contribution in [2.45, 2.75) is 33.7 Å². The molecule has 27 heavy (non-hydrogen) atoms. The highest BCUT2D eigenvalue weighted by Crippen LogP contribution is 2.23. The van der Waals surface area contributed by atoms with Crippen LogP contribution in [0.1, 0.15) is 31.5 Å². The number of nitrogens with one attached hydrogen (secondary N) is 2. The first-order chi connectivity index (χ1) is 12.9. The van der Waals surface area contributed by atoms with E-state index in [0.717, 1.165) is 49.7 Å². The van der Waals surface area contributed by atoms with E-state index in [9.17, 15) is 0 Å². The van der Waals surface area contributed by atoms with Gasteiger partial charge in [0.25, 0.3) is 0 Å². The van der Waals surface area contributed by atoms with Crippen molar-refractivity contribution in [1.29, 1.82) is 0 Å². The molecular formula is C19H27Cl2N5S. The number of hydrogen-bond acceptors (Lipinski definition) is 3. The molecule has 148 valence electrons. The molecule has 0 fully saturated rings. The summed E-state index contributed by atoms with van der Waals surface area (Å²) in [4.78, 5) is 2.40. The average Bonchev–Trinajstić information content (AvgIpc) is 2.97. The van der Waals surface area contributed by atoms with Crippen LogP contribution in [0.2, 0.25) is 10.0 Å². The Balaban J connectivity index is 1.84. The van der Waals surface area contributed by atoms with Crippen molar-refractivity contribution in [3.63, 3.8) is 0 Å². The molecule has 0 atom stereocenters. The van der Waals surface area contributed by atoms with E-state index in [1.54, 1.807) is 6.07 Å². The lowest BCUT2D eigenvalue weighted by atomic mass is 10.2. The van der Waals surface area contributed by atoms with Crippen LogP contribution in [0.15, 0.2) is 24.3 Å². The third-order valence-corrected chi connectivity index (χ3v) is 5.36. The van der Waals surface area contributed by atoms with Crippen LogP contribution in [-0.2, 0) is 6.54 Å². The number of halogens is 2. The summed E-state index contributed by atoms with van der Waals surface area (Å²) in [6.45, 7) is 11.1. The number of anilines is 1. The minimum absolute atomic E-state index is 0.549. The second kappa shape index (κ2) is 10.9. The predicted molar refractivity (Wildman–Crippen MR) is 119 cm³/mol. The van der Waals surface area contributed by atoms with Crippen LogP contribution in [-0.4, -0.2) is 46.0 Å². The summed E-state index contributed by atoms with van der Waals surface area (Å²) in [5.41, 5.74) is 2.08. The minimum Gasteiger partial charge on any atom is -0.362 e. The molecule has 2 rings (SSSR count). The van der Waals surface area contributed by atoms with Crippen LogP contribution >= 0.6 is 35.4 Å². The largest absolute Gasteiger partial charge is 0.362 e. The van der Waals surface area contributed by atoms with Crippen molar-refractivity contribution in [2.24, 2.45) is 0 Å². The van der Waals surface area contributed by atoms with Gasteiger partial charge in [0.1, 0.15) is 0 Å². The summed E-state index contributed by atoms with van der Waals surface area (Å²) in [5, 5.41) is 12.7. The van der Waals surface area contributed by atoms with Gasteiger partial charge in [0.15, 0.2) is 10.9 Å². The van der Waals surface area contributed by atoms with E-state index < -0.39 is 0 Å². The van der Waals surface area contributed by atoms with Crippen LogP contribution in [0.3, 0.4) is 0 Å². The number of aryl methyl sites for hydroxylation is 1. The molecule has 1 aromatic heterocycles. The Bertz CT molecular complexity index is 759. The predicted octanol–water partition coefficient (Wildman–Crippen LogP) is 4.56. The molecule has 0 aliphatic heterocycles. The summed E-state index contributed by atoms with van der Waals surface area (Å²) >= 11 is 17.4. The number of nitrogens with zero attached hydrogens (tertiary/aromatic N) is 3. The Labute approximate surface area is 177 Å². The number of rotatable bonds is 9. The molecule has 0 spiro atoms. The molecule has 8 heteroatoms. The minimum atomic E-state index is 0.549. The van der Waals surface area contributed by atoms with E-state index in [1.165, 1.54) is 0 Å². The van der Waals surface area contributed by atoms with E-state index in [2.05, 4.69) is 34.5 Å². The van der Waals surface area contributed by atoms with E-state index in [-0.39, 0.29) is 0 Å². The second-order valence-corrected chi connectivity index (χ2v) is 7.56. The molecule has 0 saturated heterocycles. The third-order valence-electron chi connectivity index (χ3n) is 4.37. The lowest BCUT2D eigenvalue weighted by Crippen LogP contribution is -2.32. The fraction of sp³-hybridized carbons (Fsp3) is 0.474. The van der Waals surface area contributed by atoms with Gasteiger partial charge in [-0.2, -0.15) is 5.10 Å². The molecule has 2 N–H and O–H groups in total. The standard InChI is InChI=1S/C19H27Cl2N5S/c1-4-25(5-2)10-6-9-22-19(27)23-18-11-14(3)26(24-18)13-15-7-8-16(20)17(21)12-15/h7-8,11-12H,4-6,9-10,13H2,1-3H3,(H2,22,23,24,27). The first-order valence-electron chi connectivity index (χ1n) is 9.18. The molecule has 1 heterocycles. The molecule has 0 aliphatic carbocycles. The summed E-state index contributed by atoms with van der Waals surface area (Å²) < 4.78 is 1.91. The summed E-state index contributed by atoms with van der Waals surface area (Å²) in [5.74, 6) is 0.730. The Kier molecular flexibility index (Phi) is 8.83. The first kappa shape index (κ1) is 22.0. The lowest BCUT2D eigenvalue weighted by molar-refractivity contribution is 0.300. The molecule has 1 aromatic carbocycles. The fourth-order valence-corrected chi connectivity index (χ4v) is 3.27. The van der Waals surface area contributed by atoms with Gasteiger partial charge in [-0.1, -0.05) is 43.1 Å². The maximum absolute atomic E-state index is 6.09. The molecule has 2 aromatic rings. The van der Waals surface area contributed by atoms with Gasteiger partial charge in [-0.25, -0.2) is 0 Å². The highest BCUT2D eigenvalue weighted by atomic mass is 35.5. The summed E-state index contributed by atoms with van der Waals surface area (Å²) in [7, 11) is 0. The monoisotopic (exact) mass is 427 g/mol. The number of benzene rings is 1. The quantitative estimate of drug-likeness (QED) is 0.453. The van der Waals surface area contributed by atoms with Gasteiger partial charge in [-0.15, -0.1) is 0 Å². The number of aromatic nitrogens is 2. The summed E-state index contributed by atoms with van der Waals surface area (Å²) in [6.07, 6.45) is 1.05. The van der Waals surface area contributed by atoms with Crippen molar-refractivity contribution < 1.29 is 0 Å². The number of thiocarbonyl (C=S) groups is 1. The zero-order valence-electron chi connectivity index (χ0n) is 16.1. The summed E-state index contributed by atoms with van der Waals surface area (Å²) in [6, 6.07) is 7.58. The Morgan fingerprint density at radius 1 is 1.19 bits per heavy atom. The van der Waals surface area contributed by atoms with E-state index in [0.29, 0.717) is 21.7 Å². The molecule has 0 saturated carbocycles. The molecule has 5 nitrogen and oxygen atoms in total. The van der Waals surface area contributed by atoms with Crippen LogP contribution in [0.4, 0.5) is 5.82 Å². The maximum Gasteiger partial charge on any atom is 0.171 e. The van der Waals surface area contributed by atoms with E-state index in [4.69, 9.17) is 35.4 Å². The van der Waals surface area contributed by atoms with Crippen molar-refractivity contribution in [2.75, 3.05) is 31.5 Å². The van der Waals surface area contributed by atoms with Gasteiger partial charge >= 0.3 is 0 Å². The van der Waals surface area contributed by atoms with Crippen molar-refractivity contribution in [1.82, 2.24) is 20.0 Å². The van der Waals surface area contributed by atoms with Crippen molar-refractivity contribution >= 4 is 46.4 Å². The van der Waals surface area contributed by atoms with Crippen LogP contribution < -0.4 is 10.6 Å². The van der Waals surface area contributed by atoms with Gasteiger partial charge in [-0.05, 0) is 62.9 Å². The highest BCUT2D eigenvalue weighted by molar-refractivity contribution is 7.80. The van der Waals surface area contributed by atoms with Gasteiger partial charge in [0, 0.05) is 18.3 Å². The normalized spacial score (nSPS) is 11.0. The Morgan fingerprint density at radius 3 is 2.59 bits per heavy atom. The third kappa shape index (κ3) is 6.96. The van der Waals surface area contributed by atoms with E-state index >= 15 is 0 Å².